The molecule has 0 saturated carbocycles. The predicted molar refractivity (Wildman–Crippen MR) is 246 cm³/mol. The summed E-state index contributed by atoms with van der Waals surface area (Å²) >= 11 is 0. The van der Waals surface area contributed by atoms with Crippen molar-refractivity contribution in [2.24, 2.45) is 47.2 Å². The van der Waals surface area contributed by atoms with Crippen LogP contribution in [0.25, 0.3) is 0 Å². The Morgan fingerprint density at radius 2 is 1.24 bits per heavy atom. The van der Waals surface area contributed by atoms with Gasteiger partial charge in [0, 0.05) is 24.2 Å². The fourth-order valence-electron chi connectivity index (χ4n) is 7.17. The molecule has 0 aliphatic carbocycles. The SMILES string of the molecule is CC/C=C\C(C)[C@H](OC(N)=O)[C@@H](C)[C@H](O[Si](C)(C)C(C)(C)C)[C@@H](C)C/C(C)=C\[C@H](C)[C@@H](O[Si](C)(C)C(C)(C)C)C(C)/C=C\C(O)CC(O)[C@H](C)CC(C)C(=O)NOC. The summed E-state index contributed by atoms with van der Waals surface area (Å²) in [7, 11) is -3.05. The second kappa shape index (κ2) is 24.6. The van der Waals surface area contributed by atoms with Crippen LogP contribution >= 0.6 is 0 Å². The van der Waals surface area contributed by atoms with Gasteiger partial charge in [-0.15, -0.1) is 0 Å². The first-order chi connectivity index (χ1) is 26.3. The molecule has 12 atom stereocenters. The number of nitrogens with one attached hydrogen (secondary N) is 1. The van der Waals surface area contributed by atoms with Gasteiger partial charge < -0.3 is 29.5 Å². The van der Waals surface area contributed by atoms with Crippen molar-refractivity contribution in [3.63, 3.8) is 0 Å². The molecule has 0 aliphatic rings. The Kier molecular flexibility index (Phi) is 23.8. The van der Waals surface area contributed by atoms with E-state index in [1.54, 1.807) is 13.0 Å². The maximum absolute atomic E-state index is 12.2. The average Bonchev–Trinajstić information content (AvgIpc) is 3.08. The van der Waals surface area contributed by atoms with Crippen molar-refractivity contribution >= 4 is 28.6 Å². The number of hydroxylamine groups is 1. The minimum absolute atomic E-state index is 0.00381. The molecule has 0 bridgehead atoms. The molecule has 0 saturated heterocycles. The molecule has 0 aromatic carbocycles. The van der Waals surface area contributed by atoms with Crippen LogP contribution in [0.2, 0.25) is 36.3 Å². The molecule has 0 aromatic heterocycles. The molecule has 5 N–H and O–H groups in total. The van der Waals surface area contributed by atoms with Crippen molar-refractivity contribution in [1.29, 1.82) is 0 Å². The lowest BCUT2D eigenvalue weighted by atomic mass is 9.81. The van der Waals surface area contributed by atoms with Crippen LogP contribution in [0.3, 0.4) is 0 Å². The Morgan fingerprint density at radius 1 is 0.741 bits per heavy atom. The number of allylic oxidation sites excluding steroid dienone is 2. The van der Waals surface area contributed by atoms with Crippen molar-refractivity contribution in [2.75, 3.05) is 7.11 Å². The molecule has 5 unspecified atom stereocenters. The Labute approximate surface area is 357 Å². The van der Waals surface area contributed by atoms with Crippen molar-refractivity contribution in [3.05, 3.63) is 36.0 Å². The molecule has 0 rings (SSSR count). The van der Waals surface area contributed by atoms with Gasteiger partial charge in [-0.2, -0.15) is 0 Å². The van der Waals surface area contributed by atoms with E-state index in [4.69, 9.17) is 24.2 Å². The maximum atomic E-state index is 12.2. The maximum Gasteiger partial charge on any atom is 0.404 e. The number of primary amides is 1. The molecule has 12 heteroatoms. The first-order valence-corrected chi connectivity index (χ1v) is 27.7. The Morgan fingerprint density at radius 3 is 1.71 bits per heavy atom. The highest BCUT2D eigenvalue weighted by molar-refractivity contribution is 6.74. The van der Waals surface area contributed by atoms with Crippen molar-refractivity contribution in [2.45, 2.75) is 196 Å². The van der Waals surface area contributed by atoms with Gasteiger partial charge in [-0.3, -0.25) is 9.63 Å². The van der Waals surface area contributed by atoms with Crippen LogP contribution in [0.5, 0.6) is 0 Å². The zero-order chi connectivity index (χ0) is 45.6. The van der Waals surface area contributed by atoms with Crippen LogP contribution in [-0.4, -0.2) is 76.5 Å². The highest BCUT2D eigenvalue weighted by Gasteiger charge is 2.44. The molecular weight excluding hydrogens is 765 g/mol. The molecule has 58 heavy (non-hydrogen) atoms. The summed E-state index contributed by atoms with van der Waals surface area (Å²) in [6.07, 6.45) is 9.46. The van der Waals surface area contributed by atoms with Crippen LogP contribution in [0.4, 0.5) is 4.79 Å². The Hall–Kier alpha value is -1.81. The number of aliphatic hydroxyl groups is 2. The first-order valence-electron chi connectivity index (χ1n) is 21.9. The van der Waals surface area contributed by atoms with Crippen LogP contribution in [0, 0.1) is 41.4 Å². The normalized spacial score (nSPS) is 20.1. The Balaban J connectivity index is 6.61. The second-order valence-corrected chi connectivity index (χ2v) is 30.1. The molecule has 0 aromatic rings. The van der Waals surface area contributed by atoms with E-state index in [0.29, 0.717) is 6.42 Å². The van der Waals surface area contributed by atoms with Crippen molar-refractivity contribution < 1.29 is 38.2 Å². The molecule has 10 nitrogen and oxygen atoms in total. The van der Waals surface area contributed by atoms with Gasteiger partial charge in [0.15, 0.2) is 16.6 Å². The van der Waals surface area contributed by atoms with Gasteiger partial charge in [-0.25, -0.2) is 10.3 Å². The second-order valence-electron chi connectivity index (χ2n) is 20.6. The third-order valence-electron chi connectivity index (χ3n) is 12.9. The van der Waals surface area contributed by atoms with E-state index in [1.807, 2.05) is 13.0 Å². The average molecular weight is 855 g/mol. The van der Waals surface area contributed by atoms with E-state index in [2.05, 4.69) is 140 Å². The molecule has 340 valence electrons. The quantitative estimate of drug-likeness (QED) is 0.0403. The zero-order valence-electron chi connectivity index (χ0n) is 40.6. The van der Waals surface area contributed by atoms with Crippen LogP contribution < -0.4 is 11.2 Å². The van der Waals surface area contributed by atoms with E-state index in [9.17, 15) is 19.8 Å². The summed E-state index contributed by atoms with van der Waals surface area (Å²) in [5.74, 6) is -0.813. The number of carbonyl (C=O) groups is 2. The predicted octanol–water partition coefficient (Wildman–Crippen LogP) is 10.7. The Bertz CT molecular complexity index is 1320. The minimum atomic E-state index is -2.24. The first kappa shape index (κ1) is 56.2. The number of nitrogens with two attached hydrogens (primary N) is 1. The third-order valence-corrected chi connectivity index (χ3v) is 21.8. The zero-order valence-corrected chi connectivity index (χ0v) is 42.6. The van der Waals surface area contributed by atoms with Gasteiger partial charge in [0.1, 0.15) is 6.10 Å². The van der Waals surface area contributed by atoms with Crippen LogP contribution in [-0.2, 0) is 23.2 Å². The molecule has 0 spiro atoms. The summed E-state index contributed by atoms with van der Waals surface area (Å²) in [6.45, 7) is 41.3. The van der Waals surface area contributed by atoms with Crippen LogP contribution in [0.1, 0.15) is 130 Å². The molecular formula is C46H90N2O8Si2. The highest BCUT2D eigenvalue weighted by Crippen LogP contribution is 2.42. The number of rotatable bonds is 25. The van der Waals surface area contributed by atoms with Crippen molar-refractivity contribution in [3.8, 4) is 0 Å². The fourth-order valence-corrected chi connectivity index (χ4v) is 10.1. The summed E-state index contributed by atoms with van der Waals surface area (Å²) in [6, 6.07) is 0. The highest BCUT2D eigenvalue weighted by atomic mass is 28.4. The third kappa shape index (κ3) is 18.9. The molecule has 0 fully saturated rings. The topological polar surface area (TPSA) is 150 Å². The standard InChI is InChI=1S/C46H90N2O8Si2/c1-21-22-23-31(3)41(54-44(47)52)37(9)42(56-58(19,20)46(13,14)15)35(7)27-30(2)26-34(6)40(55-57(17,18)45(10,11)12)32(4)24-25-38(49)29-39(50)33(5)28-36(8)43(51)48-53-16/h22-26,31-42,49-50H,21,27-29H2,1-20H3,(H2,47,52)(H,48,51)/b23-22-,25-24-,30-26-/t31?,32?,33-,34+,35+,36?,37-,38?,39?,40+,41+,42-/m1/s1. The molecule has 0 heterocycles. The van der Waals surface area contributed by atoms with E-state index < -0.39 is 41.0 Å². The van der Waals surface area contributed by atoms with Crippen LogP contribution in [0.15, 0.2) is 36.0 Å². The summed E-state index contributed by atoms with van der Waals surface area (Å²) in [5.41, 5.74) is 9.23. The van der Waals surface area contributed by atoms with Gasteiger partial charge in [-0.1, -0.05) is 133 Å². The number of hydrogen-bond donors (Lipinski definition) is 4. The van der Waals surface area contributed by atoms with Gasteiger partial charge in [0.05, 0.1) is 31.5 Å². The minimum Gasteiger partial charge on any atom is -0.445 e. The lowest BCUT2D eigenvalue weighted by molar-refractivity contribution is -0.135. The number of carbonyl (C=O) groups excluding carboxylic acids is 2. The number of aliphatic hydroxyl groups excluding tert-OH is 2. The van der Waals surface area contributed by atoms with Gasteiger partial charge in [0.25, 0.3) is 0 Å². The monoisotopic (exact) mass is 855 g/mol. The molecule has 2 amide bonds. The lowest BCUT2D eigenvalue weighted by Crippen LogP contribution is -2.50. The lowest BCUT2D eigenvalue weighted by Gasteiger charge is -2.45. The van der Waals surface area contributed by atoms with E-state index in [1.165, 1.54) is 12.7 Å². The van der Waals surface area contributed by atoms with Crippen molar-refractivity contribution in [1.82, 2.24) is 5.48 Å². The van der Waals surface area contributed by atoms with E-state index in [-0.39, 0.29) is 76.0 Å². The summed E-state index contributed by atoms with van der Waals surface area (Å²) in [4.78, 5) is 29.1. The number of amides is 2. The smallest absolute Gasteiger partial charge is 0.404 e. The number of ether oxygens (including phenoxy) is 1. The van der Waals surface area contributed by atoms with E-state index in [0.717, 1.165) is 12.8 Å². The molecule has 0 radical (unpaired) electrons. The van der Waals surface area contributed by atoms with Gasteiger partial charge >= 0.3 is 6.09 Å². The fraction of sp³-hybridized carbons (Fsp3) is 0.826. The summed E-state index contributed by atoms with van der Waals surface area (Å²) in [5, 5.41) is 21.9. The van der Waals surface area contributed by atoms with E-state index >= 15 is 0 Å². The number of hydrogen-bond acceptors (Lipinski definition) is 8. The van der Waals surface area contributed by atoms with Gasteiger partial charge in [-0.05, 0) is 86.1 Å². The molecule has 0 aliphatic heterocycles. The largest absolute Gasteiger partial charge is 0.445 e. The van der Waals surface area contributed by atoms with Gasteiger partial charge in [0.2, 0.25) is 5.91 Å². The summed E-state index contributed by atoms with van der Waals surface area (Å²) < 4.78 is 20.2.